The van der Waals surface area contributed by atoms with Crippen molar-refractivity contribution in [2.45, 2.75) is 33.1 Å². The summed E-state index contributed by atoms with van der Waals surface area (Å²) in [5.41, 5.74) is 11.3. The Morgan fingerprint density at radius 2 is 1.67 bits per heavy atom. The fourth-order valence-corrected chi connectivity index (χ4v) is 5.12. The van der Waals surface area contributed by atoms with Crippen LogP contribution in [0.2, 0.25) is 0 Å². The molecule has 1 aromatic heterocycles. The maximum absolute atomic E-state index is 10.0. The molecule has 2 aliphatic carbocycles. The van der Waals surface area contributed by atoms with Crippen molar-refractivity contribution in [1.29, 1.82) is 0 Å². The predicted octanol–water partition coefficient (Wildman–Crippen LogP) is 7.02. The van der Waals surface area contributed by atoms with Crippen molar-refractivity contribution in [3.05, 3.63) is 89.7 Å². The molecule has 1 heterocycles. The molecule has 0 fully saturated rings. The predicted molar refractivity (Wildman–Crippen MR) is 130 cm³/mol. The Bertz CT molecular complexity index is 1450. The molecule has 4 heteroatoms. The molecule has 2 aliphatic rings. The number of carbonyl (C=O) groups excluding carboxylic acids is 1. The minimum atomic E-state index is -0.125. The van der Waals surface area contributed by atoms with E-state index < -0.39 is 0 Å². The summed E-state index contributed by atoms with van der Waals surface area (Å²) >= 11 is 0. The summed E-state index contributed by atoms with van der Waals surface area (Å²) in [4.78, 5) is 15.1. The van der Waals surface area contributed by atoms with Crippen LogP contribution in [0, 0.1) is 6.07 Å². The van der Waals surface area contributed by atoms with Crippen molar-refractivity contribution >= 4 is 16.7 Å². The van der Waals surface area contributed by atoms with Crippen molar-refractivity contribution in [2.24, 2.45) is 0 Å². The van der Waals surface area contributed by atoms with Crippen LogP contribution in [0.4, 0.5) is 0 Å². The maximum atomic E-state index is 10.0. The molecule has 3 nitrogen and oxygen atoms in total. The number of hydrogen-bond donors (Lipinski definition) is 1. The fraction of sp³-hybridized carbons (Fsp3) is 0.172. The third-order valence-corrected chi connectivity index (χ3v) is 6.30. The van der Waals surface area contributed by atoms with Crippen LogP contribution in [0.1, 0.15) is 38.8 Å². The van der Waals surface area contributed by atoms with Crippen molar-refractivity contribution in [1.82, 2.24) is 4.98 Å². The van der Waals surface area contributed by atoms with Gasteiger partial charge in [-0.3, -0.25) is 9.78 Å². The Labute approximate surface area is 207 Å². The Morgan fingerprint density at radius 1 is 0.970 bits per heavy atom. The van der Waals surface area contributed by atoms with Gasteiger partial charge >= 0.3 is 0 Å². The standard InChI is InChI=1S/C24H16N.C5H8O2.Ir/c1-24(2)18-12-6-5-10-17(18)23-22(24)21-16-9-4-3-8-14(16)15-11-7-13-19(25-23)20(15)21;1-4(6)3-5(2)7;/h3-9,11-13H,1-2H3;3,6H,1-2H3;/q-1;;/b;4-3-;. The van der Waals surface area contributed by atoms with Gasteiger partial charge in [-0.25, -0.2) is 0 Å². The zero-order chi connectivity index (χ0) is 22.6. The number of aliphatic hydroxyl groups excluding tert-OH is 1. The molecule has 167 valence electrons. The van der Waals surface area contributed by atoms with Crippen molar-refractivity contribution in [3.8, 4) is 33.5 Å². The van der Waals surface area contributed by atoms with E-state index in [1.807, 2.05) is 6.07 Å². The molecule has 33 heavy (non-hydrogen) atoms. The van der Waals surface area contributed by atoms with Gasteiger partial charge in [0.05, 0.1) is 11.3 Å². The summed E-state index contributed by atoms with van der Waals surface area (Å²) in [5, 5.41) is 9.67. The second-order valence-corrected chi connectivity index (χ2v) is 8.94. The van der Waals surface area contributed by atoms with Crippen LogP contribution in [-0.4, -0.2) is 15.9 Å². The smallest absolute Gasteiger partial charge is 0.155 e. The minimum absolute atomic E-state index is 0. The number of rotatable bonds is 1. The molecular weight excluding hydrogens is 587 g/mol. The van der Waals surface area contributed by atoms with Gasteiger partial charge in [-0.05, 0) is 53.3 Å². The zero-order valence-corrected chi connectivity index (χ0v) is 21.4. The summed E-state index contributed by atoms with van der Waals surface area (Å²) in [6, 6.07) is 25.0. The molecule has 0 bridgehead atoms. The van der Waals surface area contributed by atoms with E-state index in [4.69, 9.17) is 10.1 Å². The van der Waals surface area contributed by atoms with Gasteiger partial charge in [-0.2, -0.15) is 0 Å². The van der Waals surface area contributed by atoms with E-state index in [2.05, 4.69) is 74.5 Å². The fourth-order valence-electron chi connectivity index (χ4n) is 5.12. The van der Waals surface area contributed by atoms with Crippen molar-refractivity contribution in [3.63, 3.8) is 0 Å². The number of allylic oxidation sites excluding steroid dienone is 2. The molecule has 1 N–H and O–H groups in total. The molecule has 0 spiro atoms. The summed E-state index contributed by atoms with van der Waals surface area (Å²) in [6.07, 6.45) is 1.17. The number of nitrogens with zero attached hydrogens (tertiary/aromatic N) is 1. The van der Waals surface area contributed by atoms with E-state index in [1.54, 1.807) is 0 Å². The second-order valence-electron chi connectivity index (χ2n) is 8.94. The number of hydrogen-bond acceptors (Lipinski definition) is 3. The van der Waals surface area contributed by atoms with Crippen LogP contribution in [0.3, 0.4) is 0 Å². The first-order valence-electron chi connectivity index (χ1n) is 10.8. The first kappa shape index (κ1) is 23.1. The Morgan fingerprint density at radius 3 is 2.33 bits per heavy atom. The van der Waals surface area contributed by atoms with Gasteiger partial charge in [0.1, 0.15) is 0 Å². The van der Waals surface area contributed by atoms with E-state index in [0.29, 0.717) is 0 Å². The van der Waals surface area contributed by atoms with Crippen LogP contribution >= 0.6 is 0 Å². The average Bonchev–Trinajstić information content (AvgIpc) is 3.20. The molecule has 0 aliphatic heterocycles. The molecular formula is C29H24IrNO2-. The average molecular weight is 611 g/mol. The van der Waals surface area contributed by atoms with Crippen molar-refractivity contribution < 1.29 is 30.0 Å². The van der Waals surface area contributed by atoms with Gasteiger partial charge in [0, 0.05) is 31.6 Å². The Balaban J connectivity index is 0.000000287. The molecule has 1 radical (unpaired) electrons. The van der Waals surface area contributed by atoms with E-state index in [-0.39, 0.29) is 37.1 Å². The Kier molecular flexibility index (Phi) is 5.86. The number of aliphatic hydroxyl groups is 1. The number of aromatic nitrogens is 1. The third kappa shape index (κ3) is 3.54. The number of pyridine rings is 1. The largest absolute Gasteiger partial charge is 0.512 e. The van der Waals surface area contributed by atoms with Crippen LogP contribution in [0.25, 0.3) is 44.4 Å². The number of ketones is 1. The van der Waals surface area contributed by atoms with E-state index >= 15 is 0 Å². The SMILES string of the molecule is CC(=O)/C=C(/C)O.CC1(C)c2ccc[c-]c2-c2nc3cccc4c3c(c21)-c1ccccc1-4.[Ir]. The van der Waals surface area contributed by atoms with Crippen LogP contribution in [0.15, 0.2) is 72.5 Å². The van der Waals surface area contributed by atoms with Gasteiger partial charge in [0.25, 0.3) is 0 Å². The van der Waals surface area contributed by atoms with Crippen LogP contribution in [-0.2, 0) is 30.3 Å². The normalized spacial score (nSPS) is 13.9. The number of benzene rings is 3. The third-order valence-electron chi connectivity index (χ3n) is 6.30. The summed E-state index contributed by atoms with van der Waals surface area (Å²) < 4.78 is 0. The molecule has 0 amide bonds. The maximum Gasteiger partial charge on any atom is 0.155 e. The molecule has 0 saturated carbocycles. The van der Waals surface area contributed by atoms with Gasteiger partial charge in [-0.1, -0.05) is 55.8 Å². The van der Waals surface area contributed by atoms with Crippen LogP contribution < -0.4 is 0 Å². The molecule has 6 rings (SSSR count). The first-order chi connectivity index (χ1) is 15.3. The van der Waals surface area contributed by atoms with Gasteiger partial charge in [-0.15, -0.1) is 35.4 Å². The molecule has 3 aromatic carbocycles. The summed E-state index contributed by atoms with van der Waals surface area (Å²) in [5.74, 6) is -0.0625. The summed E-state index contributed by atoms with van der Waals surface area (Å²) in [6.45, 7) is 7.49. The summed E-state index contributed by atoms with van der Waals surface area (Å²) in [7, 11) is 0. The molecule has 0 atom stereocenters. The van der Waals surface area contributed by atoms with E-state index in [0.717, 1.165) is 16.8 Å². The number of fused-ring (bicyclic) bond motifs is 7. The van der Waals surface area contributed by atoms with Gasteiger partial charge < -0.3 is 5.11 Å². The van der Waals surface area contributed by atoms with E-state index in [9.17, 15) is 4.79 Å². The number of carbonyl (C=O) groups is 1. The molecule has 0 saturated heterocycles. The molecule has 0 unspecified atom stereocenters. The van der Waals surface area contributed by atoms with Crippen LogP contribution in [0.5, 0.6) is 0 Å². The van der Waals surface area contributed by atoms with Gasteiger partial charge in [0.2, 0.25) is 0 Å². The monoisotopic (exact) mass is 611 g/mol. The first-order valence-corrected chi connectivity index (χ1v) is 10.8. The van der Waals surface area contributed by atoms with E-state index in [1.165, 1.54) is 58.7 Å². The van der Waals surface area contributed by atoms with Gasteiger partial charge in [0.15, 0.2) is 5.78 Å². The molecule has 4 aromatic rings. The topological polar surface area (TPSA) is 50.2 Å². The quantitative estimate of drug-likeness (QED) is 0.126. The Hall–Kier alpha value is -3.07. The minimum Gasteiger partial charge on any atom is -0.512 e. The van der Waals surface area contributed by atoms with Crippen molar-refractivity contribution in [2.75, 3.05) is 0 Å². The zero-order valence-electron chi connectivity index (χ0n) is 19.0. The second kappa shape index (κ2) is 8.37.